The molecule has 1 aromatic rings. The van der Waals surface area contributed by atoms with Crippen LogP contribution in [0.5, 0.6) is 5.75 Å². The summed E-state index contributed by atoms with van der Waals surface area (Å²) in [6, 6.07) is 3.42. The Morgan fingerprint density at radius 2 is 2.17 bits per heavy atom. The predicted molar refractivity (Wildman–Crippen MR) is 50.6 cm³/mol. The van der Waals surface area contributed by atoms with E-state index < -0.39 is 0 Å². The van der Waals surface area contributed by atoms with Crippen LogP contribution in [0.2, 0.25) is 5.02 Å². The van der Waals surface area contributed by atoms with E-state index in [0.29, 0.717) is 18.0 Å². The molecule has 0 aliphatic rings. The lowest BCUT2D eigenvalue weighted by Crippen LogP contribution is -2.03. The molecule has 0 amide bonds. The van der Waals surface area contributed by atoms with Crippen molar-refractivity contribution >= 4 is 11.6 Å². The number of nitrogens with two attached hydrogens (primary N) is 1. The maximum atomic E-state index is 9.41. The first kappa shape index (κ1) is 9.36. The minimum Gasteiger partial charge on any atom is -0.508 e. The van der Waals surface area contributed by atoms with Crippen LogP contribution in [0, 0.1) is 6.92 Å². The summed E-state index contributed by atoms with van der Waals surface area (Å²) < 4.78 is 0. The normalized spacial score (nSPS) is 10.2. The molecule has 0 heterocycles. The molecule has 0 fully saturated rings. The molecular formula is C9H12ClNO. The third-order valence-corrected chi connectivity index (χ3v) is 2.18. The fraction of sp³-hybridized carbons (Fsp3) is 0.333. The molecule has 66 valence electrons. The molecule has 1 aromatic carbocycles. The highest BCUT2D eigenvalue weighted by molar-refractivity contribution is 6.31. The molecule has 0 saturated carbocycles. The minimum absolute atomic E-state index is 0.232. The lowest BCUT2D eigenvalue weighted by Gasteiger charge is -2.05. The third kappa shape index (κ3) is 1.90. The van der Waals surface area contributed by atoms with Gasteiger partial charge < -0.3 is 10.8 Å². The topological polar surface area (TPSA) is 46.2 Å². The maximum Gasteiger partial charge on any atom is 0.120 e. The van der Waals surface area contributed by atoms with Crippen LogP contribution >= 0.6 is 11.6 Å². The van der Waals surface area contributed by atoms with Crippen molar-refractivity contribution in [2.45, 2.75) is 13.3 Å². The van der Waals surface area contributed by atoms with Gasteiger partial charge in [0.15, 0.2) is 0 Å². The zero-order chi connectivity index (χ0) is 9.14. The summed E-state index contributed by atoms with van der Waals surface area (Å²) in [6.45, 7) is 2.44. The molecule has 0 atom stereocenters. The van der Waals surface area contributed by atoms with Crippen molar-refractivity contribution in [2.75, 3.05) is 6.54 Å². The molecule has 3 N–H and O–H groups in total. The van der Waals surface area contributed by atoms with E-state index >= 15 is 0 Å². The van der Waals surface area contributed by atoms with Crippen molar-refractivity contribution < 1.29 is 5.11 Å². The van der Waals surface area contributed by atoms with E-state index in [-0.39, 0.29) is 5.75 Å². The summed E-state index contributed by atoms with van der Waals surface area (Å²) in [5.41, 5.74) is 7.20. The smallest absolute Gasteiger partial charge is 0.120 e. The Balaban J connectivity index is 3.05. The van der Waals surface area contributed by atoms with Crippen LogP contribution in [0.1, 0.15) is 11.1 Å². The quantitative estimate of drug-likeness (QED) is 0.739. The van der Waals surface area contributed by atoms with Crippen LogP contribution < -0.4 is 5.73 Å². The van der Waals surface area contributed by atoms with Crippen molar-refractivity contribution in [3.8, 4) is 5.75 Å². The molecule has 0 aliphatic carbocycles. The number of aryl methyl sites for hydroxylation is 1. The van der Waals surface area contributed by atoms with Crippen molar-refractivity contribution in [1.29, 1.82) is 0 Å². The second-order valence-electron chi connectivity index (χ2n) is 2.77. The van der Waals surface area contributed by atoms with Crippen LogP contribution in [0.3, 0.4) is 0 Å². The van der Waals surface area contributed by atoms with Gasteiger partial charge in [-0.05, 0) is 37.1 Å². The average Bonchev–Trinajstić information content (AvgIpc) is 2.01. The van der Waals surface area contributed by atoms with Crippen molar-refractivity contribution in [2.24, 2.45) is 5.73 Å². The molecule has 12 heavy (non-hydrogen) atoms. The molecule has 0 aliphatic heterocycles. The van der Waals surface area contributed by atoms with E-state index in [9.17, 15) is 5.11 Å². The number of hydrogen-bond acceptors (Lipinski definition) is 2. The first-order valence-corrected chi connectivity index (χ1v) is 4.21. The molecule has 2 nitrogen and oxygen atoms in total. The average molecular weight is 186 g/mol. The molecule has 0 spiro atoms. The molecule has 0 bridgehead atoms. The number of hydrogen-bond donors (Lipinski definition) is 2. The zero-order valence-electron chi connectivity index (χ0n) is 6.97. The Labute approximate surface area is 77.0 Å². The summed E-state index contributed by atoms with van der Waals surface area (Å²) in [5, 5.41) is 10.00. The van der Waals surface area contributed by atoms with Crippen molar-refractivity contribution in [3.63, 3.8) is 0 Å². The number of halogens is 1. The summed E-state index contributed by atoms with van der Waals surface area (Å²) >= 11 is 5.79. The minimum atomic E-state index is 0.232. The van der Waals surface area contributed by atoms with Gasteiger partial charge in [0.2, 0.25) is 0 Å². The molecule has 0 unspecified atom stereocenters. The first-order chi connectivity index (χ1) is 5.65. The SMILES string of the molecule is Cc1cc(CCN)c(O)cc1Cl. The lowest BCUT2D eigenvalue weighted by molar-refractivity contribution is 0.468. The standard InChI is InChI=1S/C9H12ClNO/c1-6-4-7(2-3-11)9(12)5-8(6)10/h4-5,12H,2-3,11H2,1H3. The molecule has 0 radical (unpaired) electrons. The fourth-order valence-corrected chi connectivity index (χ4v) is 1.24. The van der Waals surface area contributed by atoms with E-state index in [1.54, 1.807) is 6.07 Å². The van der Waals surface area contributed by atoms with Gasteiger partial charge in [-0.25, -0.2) is 0 Å². The van der Waals surface area contributed by atoms with E-state index in [0.717, 1.165) is 11.1 Å². The summed E-state index contributed by atoms with van der Waals surface area (Å²) in [5.74, 6) is 0.232. The second-order valence-corrected chi connectivity index (χ2v) is 3.18. The highest BCUT2D eigenvalue weighted by atomic mass is 35.5. The van der Waals surface area contributed by atoms with E-state index in [1.165, 1.54) is 0 Å². The predicted octanol–water partition coefficient (Wildman–Crippen LogP) is 1.86. The Kier molecular flexibility index (Phi) is 2.95. The fourth-order valence-electron chi connectivity index (χ4n) is 1.09. The Bertz CT molecular complexity index is 286. The van der Waals surface area contributed by atoms with Gasteiger partial charge in [0, 0.05) is 5.02 Å². The Morgan fingerprint density at radius 1 is 1.50 bits per heavy atom. The molecule has 0 saturated heterocycles. The van der Waals surface area contributed by atoms with Crippen molar-refractivity contribution in [3.05, 3.63) is 28.3 Å². The van der Waals surface area contributed by atoms with Crippen LogP contribution in [-0.4, -0.2) is 11.7 Å². The van der Waals surface area contributed by atoms with Gasteiger partial charge in [0.05, 0.1) is 0 Å². The number of phenolic OH excluding ortho intramolecular Hbond substituents is 1. The van der Waals surface area contributed by atoms with Gasteiger partial charge in [-0.15, -0.1) is 0 Å². The largest absolute Gasteiger partial charge is 0.508 e. The van der Waals surface area contributed by atoms with Crippen LogP contribution in [-0.2, 0) is 6.42 Å². The van der Waals surface area contributed by atoms with E-state index in [2.05, 4.69) is 0 Å². The summed E-state index contributed by atoms with van der Waals surface area (Å²) in [7, 11) is 0. The monoisotopic (exact) mass is 185 g/mol. The van der Waals surface area contributed by atoms with Gasteiger partial charge in [-0.3, -0.25) is 0 Å². The maximum absolute atomic E-state index is 9.41. The number of phenols is 1. The molecule has 3 heteroatoms. The van der Waals surface area contributed by atoms with Gasteiger partial charge >= 0.3 is 0 Å². The number of benzene rings is 1. The first-order valence-electron chi connectivity index (χ1n) is 3.83. The number of aromatic hydroxyl groups is 1. The van der Waals surface area contributed by atoms with Gasteiger partial charge in [0.1, 0.15) is 5.75 Å². The molecule has 1 rings (SSSR count). The third-order valence-electron chi connectivity index (χ3n) is 1.77. The number of rotatable bonds is 2. The van der Waals surface area contributed by atoms with Gasteiger partial charge in [0.25, 0.3) is 0 Å². The molecule has 0 aromatic heterocycles. The highest BCUT2D eigenvalue weighted by Gasteiger charge is 2.03. The second kappa shape index (κ2) is 3.78. The van der Waals surface area contributed by atoms with Crippen LogP contribution in [0.15, 0.2) is 12.1 Å². The molecular weight excluding hydrogens is 174 g/mol. The van der Waals surface area contributed by atoms with Gasteiger partial charge in [-0.2, -0.15) is 0 Å². The zero-order valence-corrected chi connectivity index (χ0v) is 7.73. The Morgan fingerprint density at radius 3 is 2.75 bits per heavy atom. The van der Waals surface area contributed by atoms with Gasteiger partial charge in [-0.1, -0.05) is 17.7 Å². The van der Waals surface area contributed by atoms with E-state index in [1.807, 2.05) is 13.0 Å². The highest BCUT2D eigenvalue weighted by Crippen LogP contribution is 2.25. The van der Waals surface area contributed by atoms with Crippen molar-refractivity contribution in [1.82, 2.24) is 0 Å². The lowest BCUT2D eigenvalue weighted by atomic mass is 10.1. The van der Waals surface area contributed by atoms with Crippen LogP contribution in [0.25, 0.3) is 0 Å². The summed E-state index contributed by atoms with van der Waals surface area (Å²) in [6.07, 6.45) is 0.684. The van der Waals surface area contributed by atoms with E-state index in [4.69, 9.17) is 17.3 Å². The Hall–Kier alpha value is -0.730. The summed E-state index contributed by atoms with van der Waals surface area (Å²) in [4.78, 5) is 0. The van der Waals surface area contributed by atoms with Crippen LogP contribution in [0.4, 0.5) is 0 Å².